The van der Waals surface area contributed by atoms with Gasteiger partial charge in [-0.3, -0.25) is 18.7 Å². The van der Waals surface area contributed by atoms with Gasteiger partial charge in [-0.2, -0.15) is 0 Å². The molecule has 33 heavy (non-hydrogen) atoms. The van der Waals surface area contributed by atoms with Crippen LogP contribution in [0.2, 0.25) is 0 Å². The Hall–Kier alpha value is -2.72. The first kappa shape index (κ1) is 26.5. The zero-order valence-corrected chi connectivity index (χ0v) is 21.4. The summed E-state index contributed by atoms with van der Waals surface area (Å²) < 4.78 is 26.9. The van der Waals surface area contributed by atoms with Crippen LogP contribution in [0.1, 0.15) is 36.7 Å². The summed E-state index contributed by atoms with van der Waals surface area (Å²) in [5.74, 6) is -1.11. The standard InChI is InChI=1S/C23H28BrN3O5S/c1-5-25-23(30)16(2)26(14-18-9-11-20(24)12-10-18)22(29)15-27(33(4,31)32)21-8-6-7-19(13-21)17(3)28/h6-13,16H,5,14-15H2,1-4H3,(H,25,30)/t16-/m1/s1. The molecule has 0 aromatic heterocycles. The van der Waals surface area contributed by atoms with Crippen LogP contribution in [0, 0.1) is 0 Å². The van der Waals surface area contributed by atoms with Crippen molar-refractivity contribution in [3.63, 3.8) is 0 Å². The van der Waals surface area contributed by atoms with Gasteiger partial charge in [0.1, 0.15) is 12.6 Å². The number of carbonyl (C=O) groups is 3. The smallest absolute Gasteiger partial charge is 0.244 e. The topological polar surface area (TPSA) is 104 Å². The number of ketones is 1. The van der Waals surface area contributed by atoms with Crippen molar-refractivity contribution in [3.8, 4) is 0 Å². The molecule has 0 saturated carbocycles. The summed E-state index contributed by atoms with van der Waals surface area (Å²) in [5.41, 5.74) is 1.32. The Balaban J connectivity index is 2.41. The van der Waals surface area contributed by atoms with Gasteiger partial charge in [0.05, 0.1) is 11.9 Å². The van der Waals surface area contributed by atoms with E-state index in [1.165, 1.54) is 24.0 Å². The summed E-state index contributed by atoms with van der Waals surface area (Å²) >= 11 is 3.37. The number of benzene rings is 2. The zero-order chi connectivity index (χ0) is 24.8. The predicted octanol–water partition coefficient (Wildman–Crippen LogP) is 2.97. The van der Waals surface area contributed by atoms with E-state index < -0.39 is 28.5 Å². The van der Waals surface area contributed by atoms with Gasteiger partial charge in [0.2, 0.25) is 21.8 Å². The summed E-state index contributed by atoms with van der Waals surface area (Å²) in [4.78, 5) is 39.0. The summed E-state index contributed by atoms with van der Waals surface area (Å²) in [5, 5.41) is 2.70. The van der Waals surface area contributed by atoms with Crippen molar-refractivity contribution in [2.45, 2.75) is 33.4 Å². The van der Waals surface area contributed by atoms with Gasteiger partial charge in [0, 0.05) is 23.1 Å². The number of rotatable bonds is 10. The van der Waals surface area contributed by atoms with E-state index in [9.17, 15) is 22.8 Å². The number of hydrogen-bond donors (Lipinski definition) is 1. The molecule has 2 aromatic carbocycles. The number of Topliss-reactive ketones (excluding diaryl/α,β-unsaturated/α-hetero) is 1. The average Bonchev–Trinajstić information content (AvgIpc) is 2.75. The highest BCUT2D eigenvalue weighted by molar-refractivity contribution is 9.10. The van der Waals surface area contributed by atoms with E-state index >= 15 is 0 Å². The van der Waals surface area contributed by atoms with E-state index in [4.69, 9.17) is 0 Å². The van der Waals surface area contributed by atoms with Crippen molar-refractivity contribution in [3.05, 3.63) is 64.1 Å². The molecule has 0 unspecified atom stereocenters. The molecule has 0 spiro atoms. The van der Waals surface area contributed by atoms with Gasteiger partial charge < -0.3 is 10.2 Å². The van der Waals surface area contributed by atoms with Gasteiger partial charge in [-0.25, -0.2) is 8.42 Å². The number of carbonyl (C=O) groups excluding carboxylic acids is 3. The van der Waals surface area contributed by atoms with Crippen molar-refractivity contribution < 1.29 is 22.8 Å². The largest absolute Gasteiger partial charge is 0.355 e. The van der Waals surface area contributed by atoms with Crippen LogP contribution in [-0.4, -0.2) is 56.3 Å². The Morgan fingerprint density at radius 1 is 1.09 bits per heavy atom. The Morgan fingerprint density at radius 3 is 2.27 bits per heavy atom. The minimum atomic E-state index is -3.86. The number of nitrogens with one attached hydrogen (secondary N) is 1. The molecular weight excluding hydrogens is 510 g/mol. The van der Waals surface area contributed by atoms with Crippen molar-refractivity contribution >= 4 is 49.2 Å². The first-order chi connectivity index (χ1) is 15.4. The van der Waals surface area contributed by atoms with E-state index in [0.29, 0.717) is 12.1 Å². The molecule has 10 heteroatoms. The third-order valence-electron chi connectivity index (χ3n) is 5.00. The van der Waals surface area contributed by atoms with E-state index in [1.807, 2.05) is 24.3 Å². The number of halogens is 1. The second-order valence-electron chi connectivity index (χ2n) is 7.59. The van der Waals surface area contributed by atoms with Crippen LogP contribution in [0.3, 0.4) is 0 Å². The Kier molecular flexibility index (Phi) is 9.18. The number of likely N-dealkylation sites (N-methyl/N-ethyl adjacent to an activating group) is 1. The van der Waals surface area contributed by atoms with Gasteiger partial charge in [-0.05, 0) is 50.6 Å². The van der Waals surface area contributed by atoms with Gasteiger partial charge in [0.15, 0.2) is 5.78 Å². The van der Waals surface area contributed by atoms with Crippen molar-refractivity contribution in [2.24, 2.45) is 0 Å². The Bertz CT molecular complexity index is 1120. The first-order valence-corrected chi connectivity index (χ1v) is 13.0. The molecule has 0 bridgehead atoms. The molecule has 1 N–H and O–H groups in total. The number of nitrogens with zero attached hydrogens (tertiary/aromatic N) is 2. The quantitative estimate of drug-likeness (QED) is 0.469. The molecule has 0 aliphatic rings. The second-order valence-corrected chi connectivity index (χ2v) is 10.4. The third kappa shape index (κ3) is 7.40. The minimum Gasteiger partial charge on any atom is -0.355 e. The lowest BCUT2D eigenvalue weighted by molar-refractivity contribution is -0.139. The predicted molar refractivity (Wildman–Crippen MR) is 131 cm³/mol. The molecule has 2 aromatic rings. The number of amides is 2. The Labute approximate surface area is 203 Å². The van der Waals surface area contributed by atoms with Crippen molar-refractivity contribution in [1.29, 1.82) is 0 Å². The average molecular weight is 538 g/mol. The summed E-state index contributed by atoms with van der Waals surface area (Å²) in [6.45, 7) is 4.76. The highest BCUT2D eigenvalue weighted by Gasteiger charge is 2.30. The molecule has 0 radical (unpaired) electrons. The van der Waals surface area contributed by atoms with Crippen LogP contribution in [0.25, 0.3) is 0 Å². The molecule has 1 atom stereocenters. The fourth-order valence-electron chi connectivity index (χ4n) is 3.18. The van der Waals surface area contributed by atoms with E-state index in [0.717, 1.165) is 20.6 Å². The maximum atomic E-state index is 13.4. The SMILES string of the molecule is CCNC(=O)[C@@H](C)N(Cc1ccc(Br)cc1)C(=O)CN(c1cccc(C(C)=O)c1)S(C)(=O)=O. The molecule has 8 nitrogen and oxygen atoms in total. The lowest BCUT2D eigenvalue weighted by Gasteiger charge is -2.31. The van der Waals surface area contributed by atoms with Gasteiger partial charge in [0.25, 0.3) is 0 Å². The number of anilines is 1. The monoisotopic (exact) mass is 537 g/mol. The molecule has 2 rings (SSSR count). The van der Waals surface area contributed by atoms with E-state index in [2.05, 4.69) is 21.2 Å². The zero-order valence-electron chi connectivity index (χ0n) is 19.0. The summed E-state index contributed by atoms with van der Waals surface area (Å²) in [6, 6.07) is 12.5. The van der Waals surface area contributed by atoms with Crippen molar-refractivity contribution in [1.82, 2.24) is 10.2 Å². The van der Waals surface area contributed by atoms with Gasteiger partial charge in [-0.1, -0.05) is 40.2 Å². The maximum Gasteiger partial charge on any atom is 0.244 e. The van der Waals surface area contributed by atoms with Crippen LogP contribution >= 0.6 is 15.9 Å². The number of sulfonamides is 1. The molecule has 0 aliphatic carbocycles. The van der Waals surface area contributed by atoms with Crippen LogP contribution in [0.15, 0.2) is 53.0 Å². The highest BCUT2D eigenvalue weighted by atomic mass is 79.9. The lowest BCUT2D eigenvalue weighted by Crippen LogP contribution is -2.51. The molecule has 2 amide bonds. The molecule has 0 fully saturated rings. The van der Waals surface area contributed by atoms with Gasteiger partial charge >= 0.3 is 0 Å². The summed E-state index contributed by atoms with van der Waals surface area (Å²) in [7, 11) is -3.86. The van der Waals surface area contributed by atoms with Crippen LogP contribution in [0.4, 0.5) is 5.69 Å². The normalized spacial score (nSPS) is 12.0. The molecule has 0 heterocycles. The third-order valence-corrected chi connectivity index (χ3v) is 6.67. The van der Waals surface area contributed by atoms with E-state index in [-0.39, 0.29) is 23.9 Å². The second kappa shape index (κ2) is 11.4. The van der Waals surface area contributed by atoms with Crippen LogP contribution < -0.4 is 9.62 Å². The highest BCUT2D eigenvalue weighted by Crippen LogP contribution is 2.21. The first-order valence-electron chi connectivity index (χ1n) is 10.3. The molecule has 0 saturated heterocycles. The fraction of sp³-hybridized carbons (Fsp3) is 0.348. The van der Waals surface area contributed by atoms with Gasteiger partial charge in [-0.15, -0.1) is 0 Å². The molecule has 178 valence electrons. The number of hydrogen-bond acceptors (Lipinski definition) is 5. The van der Waals surface area contributed by atoms with Crippen LogP contribution in [0.5, 0.6) is 0 Å². The molecular formula is C23H28BrN3O5S. The van der Waals surface area contributed by atoms with Crippen LogP contribution in [-0.2, 0) is 26.2 Å². The molecule has 0 aliphatic heterocycles. The fourth-order valence-corrected chi connectivity index (χ4v) is 4.29. The lowest BCUT2D eigenvalue weighted by atomic mass is 10.1. The summed E-state index contributed by atoms with van der Waals surface area (Å²) in [6.07, 6.45) is 0.993. The van der Waals surface area contributed by atoms with Crippen molar-refractivity contribution in [2.75, 3.05) is 23.7 Å². The van der Waals surface area contributed by atoms with E-state index in [1.54, 1.807) is 26.0 Å². The Morgan fingerprint density at radius 2 is 1.73 bits per heavy atom. The maximum absolute atomic E-state index is 13.4. The minimum absolute atomic E-state index is 0.121.